The van der Waals surface area contributed by atoms with E-state index in [1.54, 1.807) is 0 Å². The van der Waals surface area contributed by atoms with Crippen molar-refractivity contribution in [1.82, 2.24) is 9.55 Å². The van der Waals surface area contributed by atoms with Crippen LogP contribution in [0.3, 0.4) is 0 Å². The molecule has 3 nitrogen and oxygen atoms in total. The second kappa shape index (κ2) is 5.05. The molecule has 0 bridgehead atoms. The number of rotatable bonds is 4. The third-order valence-corrected chi connectivity index (χ3v) is 4.10. The maximum absolute atomic E-state index is 8.98. The molecular weight excluding hydrogens is 234 g/mol. The van der Waals surface area contributed by atoms with Gasteiger partial charge in [-0.15, -0.1) is 0 Å². The molecule has 3 rings (SSSR count). The molecule has 19 heavy (non-hydrogen) atoms. The Morgan fingerprint density at radius 3 is 2.89 bits per heavy atom. The fourth-order valence-electron chi connectivity index (χ4n) is 2.83. The normalized spacial score (nSPS) is 15.4. The van der Waals surface area contributed by atoms with Gasteiger partial charge in [-0.25, -0.2) is 4.98 Å². The van der Waals surface area contributed by atoms with Crippen LogP contribution < -0.4 is 0 Å². The van der Waals surface area contributed by atoms with Crippen molar-refractivity contribution >= 4 is 11.0 Å². The molecule has 0 saturated heterocycles. The Bertz CT molecular complexity index is 629. The van der Waals surface area contributed by atoms with Crippen molar-refractivity contribution < 1.29 is 0 Å². The molecule has 1 aromatic carbocycles. The summed E-state index contributed by atoms with van der Waals surface area (Å²) in [6.45, 7) is 3.22. The molecular formula is C16H19N3. The zero-order chi connectivity index (χ0) is 13.2. The van der Waals surface area contributed by atoms with Crippen LogP contribution in [-0.4, -0.2) is 9.55 Å². The lowest BCUT2D eigenvalue weighted by Gasteiger charge is -2.25. The highest BCUT2D eigenvalue weighted by molar-refractivity contribution is 5.77. The molecule has 98 valence electrons. The molecule has 0 unspecified atom stereocenters. The van der Waals surface area contributed by atoms with E-state index in [1.807, 2.05) is 18.2 Å². The summed E-state index contributed by atoms with van der Waals surface area (Å²) in [6, 6.07) is 8.04. The van der Waals surface area contributed by atoms with Crippen LogP contribution in [0.25, 0.3) is 11.0 Å². The van der Waals surface area contributed by atoms with E-state index in [0.29, 0.717) is 5.56 Å². The minimum Gasteiger partial charge on any atom is -0.328 e. The van der Waals surface area contributed by atoms with Gasteiger partial charge in [0.2, 0.25) is 0 Å². The minimum absolute atomic E-state index is 0.698. The Balaban J connectivity index is 2.03. The Hall–Kier alpha value is -1.82. The predicted octanol–water partition coefficient (Wildman–Crippen LogP) is 3.66. The zero-order valence-corrected chi connectivity index (χ0v) is 11.4. The van der Waals surface area contributed by atoms with Gasteiger partial charge >= 0.3 is 0 Å². The Labute approximate surface area is 113 Å². The molecule has 3 heteroatoms. The van der Waals surface area contributed by atoms with Crippen molar-refractivity contribution in [2.75, 3.05) is 0 Å². The molecule has 0 aliphatic heterocycles. The third kappa shape index (κ3) is 2.23. The van der Waals surface area contributed by atoms with E-state index in [4.69, 9.17) is 10.2 Å². The molecule has 1 heterocycles. The molecule has 1 fully saturated rings. The molecule has 1 saturated carbocycles. The number of imidazole rings is 1. The van der Waals surface area contributed by atoms with Crippen LogP contribution in [0.15, 0.2) is 18.2 Å². The number of hydrogen-bond acceptors (Lipinski definition) is 2. The van der Waals surface area contributed by atoms with E-state index in [1.165, 1.54) is 30.6 Å². The molecule has 0 atom stereocenters. The molecule has 0 spiro atoms. The maximum atomic E-state index is 8.98. The van der Waals surface area contributed by atoms with Crippen molar-refractivity contribution in [3.63, 3.8) is 0 Å². The summed E-state index contributed by atoms with van der Waals surface area (Å²) in [7, 11) is 0. The van der Waals surface area contributed by atoms with E-state index in [0.717, 1.165) is 30.8 Å². The van der Waals surface area contributed by atoms with Gasteiger partial charge in [-0.1, -0.05) is 26.2 Å². The van der Waals surface area contributed by atoms with E-state index in [2.05, 4.69) is 17.6 Å². The van der Waals surface area contributed by atoms with Crippen LogP contribution in [-0.2, 0) is 13.0 Å². The molecule has 0 amide bonds. The van der Waals surface area contributed by atoms with Crippen LogP contribution in [0.5, 0.6) is 0 Å². The van der Waals surface area contributed by atoms with Gasteiger partial charge in [-0.05, 0) is 30.5 Å². The van der Waals surface area contributed by atoms with Crippen LogP contribution in [0.1, 0.15) is 44.0 Å². The number of nitrogens with zero attached hydrogens (tertiary/aromatic N) is 3. The third-order valence-electron chi connectivity index (χ3n) is 4.10. The number of fused-ring (bicyclic) bond motifs is 1. The van der Waals surface area contributed by atoms with Crippen LogP contribution in [0.4, 0.5) is 0 Å². The van der Waals surface area contributed by atoms with Gasteiger partial charge in [0.05, 0.1) is 22.7 Å². The molecule has 2 aromatic rings. The van der Waals surface area contributed by atoms with Crippen LogP contribution in [0.2, 0.25) is 0 Å². The van der Waals surface area contributed by atoms with Gasteiger partial charge in [-0.3, -0.25) is 0 Å². The summed E-state index contributed by atoms with van der Waals surface area (Å²) in [6.07, 6.45) is 6.27. The summed E-state index contributed by atoms with van der Waals surface area (Å²) < 4.78 is 2.34. The summed E-state index contributed by atoms with van der Waals surface area (Å²) in [5, 5.41) is 8.98. The average molecular weight is 253 g/mol. The molecule has 0 radical (unpaired) electrons. The van der Waals surface area contributed by atoms with E-state index in [9.17, 15) is 0 Å². The summed E-state index contributed by atoms with van der Waals surface area (Å²) >= 11 is 0. The lowest BCUT2D eigenvalue weighted by molar-refractivity contribution is 0.306. The smallest absolute Gasteiger partial charge is 0.110 e. The first-order valence-electron chi connectivity index (χ1n) is 7.21. The molecule has 0 N–H and O–H groups in total. The summed E-state index contributed by atoms with van der Waals surface area (Å²) in [5.74, 6) is 2.03. The molecule has 1 aliphatic rings. The number of hydrogen-bond donors (Lipinski definition) is 0. The van der Waals surface area contributed by atoms with Crippen molar-refractivity contribution in [1.29, 1.82) is 5.26 Å². The molecule has 1 aromatic heterocycles. The largest absolute Gasteiger partial charge is 0.328 e. The van der Waals surface area contributed by atoms with E-state index >= 15 is 0 Å². The van der Waals surface area contributed by atoms with Gasteiger partial charge in [0, 0.05) is 13.0 Å². The lowest BCUT2D eigenvalue weighted by atomic mass is 9.83. The Kier molecular flexibility index (Phi) is 3.25. The highest BCUT2D eigenvalue weighted by Crippen LogP contribution is 2.30. The van der Waals surface area contributed by atoms with Gasteiger partial charge in [0.15, 0.2) is 0 Å². The topological polar surface area (TPSA) is 41.6 Å². The van der Waals surface area contributed by atoms with Crippen molar-refractivity contribution in [3.05, 3.63) is 29.6 Å². The fraction of sp³-hybridized carbons (Fsp3) is 0.500. The predicted molar refractivity (Wildman–Crippen MR) is 75.8 cm³/mol. The van der Waals surface area contributed by atoms with Crippen molar-refractivity contribution in [2.45, 2.75) is 45.6 Å². The van der Waals surface area contributed by atoms with Crippen LogP contribution >= 0.6 is 0 Å². The summed E-state index contributed by atoms with van der Waals surface area (Å²) in [4.78, 5) is 4.77. The molecule has 1 aliphatic carbocycles. The van der Waals surface area contributed by atoms with Gasteiger partial charge in [0.25, 0.3) is 0 Å². The van der Waals surface area contributed by atoms with Crippen LogP contribution in [0, 0.1) is 17.2 Å². The van der Waals surface area contributed by atoms with E-state index in [-0.39, 0.29) is 0 Å². The Morgan fingerprint density at radius 1 is 1.42 bits per heavy atom. The van der Waals surface area contributed by atoms with Crippen molar-refractivity contribution in [3.8, 4) is 6.07 Å². The fourth-order valence-corrected chi connectivity index (χ4v) is 2.83. The number of benzene rings is 1. The standard InChI is InChI=1S/C16H19N3/c1-2-8-19-15-7-6-13(11-17)9-14(15)18-16(19)10-12-4-3-5-12/h6-7,9,12H,2-5,8,10H2,1H3. The zero-order valence-electron chi connectivity index (χ0n) is 11.4. The number of aromatic nitrogens is 2. The monoisotopic (exact) mass is 253 g/mol. The second-order valence-corrected chi connectivity index (χ2v) is 5.50. The SMILES string of the molecule is CCCn1c(CC2CCC2)nc2cc(C#N)ccc21. The first-order chi connectivity index (χ1) is 9.31. The lowest BCUT2D eigenvalue weighted by Crippen LogP contribution is -2.17. The second-order valence-electron chi connectivity index (χ2n) is 5.50. The van der Waals surface area contributed by atoms with Gasteiger partial charge in [-0.2, -0.15) is 5.26 Å². The minimum atomic E-state index is 0.698. The average Bonchev–Trinajstić information content (AvgIpc) is 2.71. The number of nitriles is 1. The van der Waals surface area contributed by atoms with E-state index < -0.39 is 0 Å². The first kappa shape index (κ1) is 12.2. The van der Waals surface area contributed by atoms with Gasteiger partial charge in [0.1, 0.15) is 5.82 Å². The highest BCUT2D eigenvalue weighted by Gasteiger charge is 2.21. The Morgan fingerprint density at radius 2 is 2.26 bits per heavy atom. The number of aryl methyl sites for hydroxylation is 1. The summed E-state index contributed by atoms with van der Waals surface area (Å²) in [5.41, 5.74) is 2.85. The van der Waals surface area contributed by atoms with Gasteiger partial charge < -0.3 is 4.57 Å². The maximum Gasteiger partial charge on any atom is 0.110 e. The highest BCUT2D eigenvalue weighted by atomic mass is 15.1. The van der Waals surface area contributed by atoms with Crippen molar-refractivity contribution in [2.24, 2.45) is 5.92 Å². The first-order valence-corrected chi connectivity index (χ1v) is 7.21. The quantitative estimate of drug-likeness (QED) is 0.834.